The summed E-state index contributed by atoms with van der Waals surface area (Å²) in [7, 11) is -4.90. The van der Waals surface area contributed by atoms with Crippen LogP contribution in [0.3, 0.4) is 0 Å². The average Bonchev–Trinajstić information content (AvgIpc) is 3.59. The molecule has 2 aliphatic rings. The summed E-state index contributed by atoms with van der Waals surface area (Å²) in [6, 6.07) is 11.6. The van der Waals surface area contributed by atoms with E-state index in [1.54, 1.807) is 30.5 Å². The number of hydrogen-bond donors (Lipinski definition) is 2. The number of anilines is 2. The number of nitrogens with two attached hydrogens (primary N) is 1. The van der Waals surface area contributed by atoms with E-state index < -0.39 is 51.4 Å². The maximum absolute atomic E-state index is 13.2. The van der Waals surface area contributed by atoms with Gasteiger partial charge in [-0.1, -0.05) is 23.7 Å². The molecule has 3 N–H and O–H groups in total. The molecule has 2 fully saturated rings. The van der Waals surface area contributed by atoms with Crippen molar-refractivity contribution in [3.63, 3.8) is 0 Å². The van der Waals surface area contributed by atoms with E-state index >= 15 is 0 Å². The van der Waals surface area contributed by atoms with Crippen molar-refractivity contribution in [3.05, 3.63) is 71.0 Å². The van der Waals surface area contributed by atoms with Gasteiger partial charge in [0.25, 0.3) is 0 Å². The molecule has 43 heavy (non-hydrogen) atoms. The summed E-state index contributed by atoms with van der Waals surface area (Å²) in [5, 5.41) is 3.91. The zero-order valence-corrected chi connectivity index (χ0v) is 24.4. The number of nitrogens with zero attached hydrogens (tertiary/aromatic N) is 4. The Morgan fingerprint density at radius 3 is 2.51 bits per heavy atom. The van der Waals surface area contributed by atoms with Gasteiger partial charge in [-0.3, -0.25) is 4.57 Å². The van der Waals surface area contributed by atoms with E-state index in [9.17, 15) is 17.1 Å². The molecule has 0 aliphatic carbocycles. The molecule has 2 aromatic carbocycles. The normalized spacial score (nSPS) is 22.9. The smallest absolute Gasteiger partial charge is 0.338 e. The summed E-state index contributed by atoms with van der Waals surface area (Å²) in [5.41, 5.74) is 7.85. The van der Waals surface area contributed by atoms with Crippen LogP contribution >= 0.6 is 11.6 Å². The first-order valence-electron chi connectivity index (χ1n) is 13.1. The lowest BCUT2D eigenvalue weighted by Gasteiger charge is -2.25. The molecule has 226 valence electrons. The predicted octanol–water partition coefficient (Wildman–Crippen LogP) is 3.61. The summed E-state index contributed by atoms with van der Waals surface area (Å²) in [6.07, 6.45) is -1.58. The van der Waals surface area contributed by atoms with Crippen LogP contribution in [-0.4, -0.2) is 64.6 Å². The number of rotatable bonds is 8. The van der Waals surface area contributed by atoms with Crippen molar-refractivity contribution in [3.8, 4) is 0 Å². The number of carbonyl (C=O) groups is 1. The fraction of sp³-hybridized carbons (Fsp3) is 0.333. The number of hydrogen-bond acceptors (Lipinski definition) is 12. The SMILES string of the molecule is CC1(C)OC2C(COC(=O)c3ccc(S(=O)(=O)F)cc3)OC(n3c(NCc4ccc(Cl)cc4)nc4c(N)ncnc43)C2O1. The minimum absolute atomic E-state index is 0.0314. The van der Waals surface area contributed by atoms with Gasteiger partial charge in [0.1, 0.15) is 31.2 Å². The van der Waals surface area contributed by atoms with Crippen LogP contribution < -0.4 is 11.1 Å². The van der Waals surface area contributed by atoms with Crippen molar-refractivity contribution in [2.24, 2.45) is 0 Å². The van der Waals surface area contributed by atoms with E-state index in [0.717, 1.165) is 29.8 Å². The molecule has 0 amide bonds. The number of esters is 1. The Morgan fingerprint density at radius 2 is 1.81 bits per heavy atom. The maximum Gasteiger partial charge on any atom is 0.338 e. The molecule has 0 spiro atoms. The molecule has 2 aromatic heterocycles. The third-order valence-electron chi connectivity index (χ3n) is 7.00. The molecule has 4 unspecified atom stereocenters. The van der Waals surface area contributed by atoms with E-state index in [0.29, 0.717) is 28.7 Å². The summed E-state index contributed by atoms with van der Waals surface area (Å²) < 4.78 is 61.4. The number of halogens is 2. The van der Waals surface area contributed by atoms with Gasteiger partial charge in [0, 0.05) is 11.6 Å². The summed E-state index contributed by atoms with van der Waals surface area (Å²) >= 11 is 6.03. The van der Waals surface area contributed by atoms with Gasteiger partial charge in [0.2, 0.25) is 5.95 Å². The molecule has 0 radical (unpaired) electrons. The van der Waals surface area contributed by atoms with Crippen LogP contribution in [0.5, 0.6) is 0 Å². The van der Waals surface area contributed by atoms with Crippen LogP contribution in [0, 0.1) is 0 Å². The summed E-state index contributed by atoms with van der Waals surface area (Å²) in [5.74, 6) is -1.18. The van der Waals surface area contributed by atoms with Gasteiger partial charge in [-0.05, 0) is 55.8 Å². The van der Waals surface area contributed by atoms with Gasteiger partial charge in [-0.15, -0.1) is 3.89 Å². The fourth-order valence-corrected chi connectivity index (χ4v) is 5.66. The number of nitrogens with one attached hydrogen (secondary N) is 1. The number of nitrogen functional groups attached to an aromatic ring is 1. The number of ether oxygens (including phenoxy) is 4. The van der Waals surface area contributed by atoms with Crippen molar-refractivity contribution in [1.29, 1.82) is 0 Å². The second-order valence-corrected chi connectivity index (χ2v) is 12.2. The zero-order valence-electron chi connectivity index (χ0n) is 22.8. The molecule has 16 heteroatoms. The fourth-order valence-electron chi connectivity index (χ4n) is 5.07. The lowest BCUT2D eigenvalue weighted by Crippen LogP contribution is -2.33. The Kier molecular flexibility index (Phi) is 7.46. The molecule has 13 nitrogen and oxygen atoms in total. The molecule has 4 aromatic rings. The summed E-state index contributed by atoms with van der Waals surface area (Å²) in [6.45, 7) is 3.69. The number of carbonyl (C=O) groups excluding carboxylic acids is 1. The van der Waals surface area contributed by atoms with E-state index in [1.165, 1.54) is 6.33 Å². The number of aromatic nitrogens is 4. The van der Waals surface area contributed by atoms with Gasteiger partial charge < -0.3 is 30.0 Å². The van der Waals surface area contributed by atoms with Crippen LogP contribution in [-0.2, 0) is 35.7 Å². The van der Waals surface area contributed by atoms with Crippen LogP contribution in [0.1, 0.15) is 36.0 Å². The van der Waals surface area contributed by atoms with E-state index in [2.05, 4.69) is 20.3 Å². The highest BCUT2D eigenvalue weighted by molar-refractivity contribution is 7.86. The minimum atomic E-state index is -4.90. The molecular formula is C27H26ClFN6O7S. The molecular weight excluding hydrogens is 607 g/mol. The molecule has 2 saturated heterocycles. The van der Waals surface area contributed by atoms with Gasteiger partial charge >= 0.3 is 16.2 Å². The molecule has 2 aliphatic heterocycles. The van der Waals surface area contributed by atoms with Gasteiger partial charge in [0.05, 0.1) is 10.5 Å². The molecule has 6 rings (SSSR count). The van der Waals surface area contributed by atoms with Gasteiger partial charge in [0.15, 0.2) is 29.0 Å². The summed E-state index contributed by atoms with van der Waals surface area (Å²) in [4.78, 5) is 25.3. The van der Waals surface area contributed by atoms with E-state index in [1.807, 2.05) is 12.1 Å². The van der Waals surface area contributed by atoms with Crippen LogP contribution in [0.25, 0.3) is 11.2 Å². The molecule has 0 bridgehead atoms. The quantitative estimate of drug-likeness (QED) is 0.214. The maximum atomic E-state index is 13.2. The third-order valence-corrected chi connectivity index (χ3v) is 8.09. The van der Waals surface area contributed by atoms with Crippen molar-refractivity contribution in [1.82, 2.24) is 19.5 Å². The van der Waals surface area contributed by atoms with E-state index in [-0.39, 0.29) is 18.0 Å². The Labute approximate surface area is 250 Å². The lowest BCUT2D eigenvalue weighted by molar-refractivity contribution is -0.199. The van der Waals surface area contributed by atoms with Crippen molar-refractivity contribution >= 4 is 50.7 Å². The first kappa shape index (κ1) is 29.2. The van der Waals surface area contributed by atoms with E-state index in [4.69, 9.17) is 36.3 Å². The number of imidazole rings is 1. The van der Waals surface area contributed by atoms with Crippen LogP contribution in [0.15, 0.2) is 59.8 Å². The highest BCUT2D eigenvalue weighted by atomic mass is 35.5. The molecule has 4 heterocycles. The Balaban J connectivity index is 1.27. The zero-order chi connectivity index (χ0) is 30.5. The Morgan fingerprint density at radius 1 is 1.12 bits per heavy atom. The monoisotopic (exact) mass is 632 g/mol. The highest BCUT2D eigenvalue weighted by Gasteiger charge is 2.57. The minimum Gasteiger partial charge on any atom is -0.459 e. The first-order valence-corrected chi connectivity index (χ1v) is 14.9. The van der Waals surface area contributed by atoms with Gasteiger partial charge in [-0.2, -0.15) is 8.42 Å². The standard InChI is InChI=1S/C27H26ClFN6O7S/c1-27(2)41-20-18(12-39-25(36)15-5-9-17(10-6-15)43(29,37)38)40-24(21(20)42-27)35-23-19(22(30)32-13-33-23)34-26(35)31-11-14-3-7-16(28)8-4-14/h3-10,13,18,20-21,24H,11-12H2,1-2H3,(H,31,34)(H2,30,32,33). The number of fused-ring (bicyclic) bond motifs is 2. The van der Waals surface area contributed by atoms with Crippen LogP contribution in [0.4, 0.5) is 15.7 Å². The van der Waals surface area contributed by atoms with Crippen molar-refractivity contribution in [2.75, 3.05) is 17.7 Å². The van der Waals surface area contributed by atoms with Crippen molar-refractivity contribution in [2.45, 2.75) is 55.6 Å². The Hall–Kier alpha value is -3.89. The largest absolute Gasteiger partial charge is 0.459 e. The predicted molar refractivity (Wildman–Crippen MR) is 151 cm³/mol. The van der Waals surface area contributed by atoms with Crippen molar-refractivity contribution < 1.29 is 36.0 Å². The topological polar surface area (TPSA) is 170 Å². The lowest BCUT2D eigenvalue weighted by atomic mass is 10.1. The first-order chi connectivity index (χ1) is 20.4. The van der Waals surface area contributed by atoms with Gasteiger partial charge in [-0.25, -0.2) is 19.7 Å². The second kappa shape index (κ2) is 11.0. The average molecular weight is 633 g/mol. The molecule has 0 saturated carbocycles. The number of benzene rings is 2. The Bertz CT molecular complexity index is 1790. The van der Waals surface area contributed by atoms with Crippen LogP contribution in [0.2, 0.25) is 5.02 Å². The second-order valence-electron chi connectivity index (χ2n) is 10.4. The third kappa shape index (κ3) is 5.86. The highest BCUT2D eigenvalue weighted by Crippen LogP contribution is 2.45. The molecule has 4 atom stereocenters.